The molecule has 0 unspecified atom stereocenters. The summed E-state index contributed by atoms with van der Waals surface area (Å²) in [7, 11) is 0. The summed E-state index contributed by atoms with van der Waals surface area (Å²) < 4.78 is 13.6. The van der Waals surface area contributed by atoms with Crippen LogP contribution in [0.25, 0.3) is 0 Å². The number of carbonyl (C=O) groups excluding carboxylic acids is 1. The highest BCUT2D eigenvalue weighted by molar-refractivity contribution is 6.30. The van der Waals surface area contributed by atoms with Crippen LogP contribution < -0.4 is 10.6 Å². The van der Waals surface area contributed by atoms with E-state index in [1.807, 2.05) is 6.92 Å². The maximum Gasteiger partial charge on any atom is 0.274 e. The van der Waals surface area contributed by atoms with E-state index in [9.17, 15) is 9.18 Å². The Morgan fingerprint density at radius 3 is 2.86 bits per heavy atom. The molecule has 1 aromatic heterocycles. The van der Waals surface area contributed by atoms with Gasteiger partial charge in [-0.2, -0.15) is 0 Å². The molecular formula is C15H15ClFN3O. The van der Waals surface area contributed by atoms with E-state index >= 15 is 0 Å². The van der Waals surface area contributed by atoms with Gasteiger partial charge in [0.25, 0.3) is 5.91 Å². The van der Waals surface area contributed by atoms with Crippen LogP contribution in [0.3, 0.4) is 0 Å². The molecule has 0 saturated carbocycles. The molecule has 0 bridgehead atoms. The van der Waals surface area contributed by atoms with Gasteiger partial charge in [0.15, 0.2) is 0 Å². The van der Waals surface area contributed by atoms with Crippen LogP contribution in [0.1, 0.15) is 23.8 Å². The van der Waals surface area contributed by atoms with Crippen LogP contribution in [0.4, 0.5) is 15.9 Å². The molecule has 0 atom stereocenters. The minimum atomic E-state index is -0.587. The van der Waals surface area contributed by atoms with E-state index in [1.165, 1.54) is 12.1 Å². The van der Waals surface area contributed by atoms with Crippen LogP contribution in [0.5, 0.6) is 0 Å². The molecule has 1 amide bonds. The Labute approximate surface area is 127 Å². The van der Waals surface area contributed by atoms with Crippen LogP contribution in [-0.4, -0.2) is 17.4 Å². The van der Waals surface area contributed by atoms with Crippen molar-refractivity contribution in [3.8, 4) is 0 Å². The zero-order valence-corrected chi connectivity index (χ0v) is 12.2. The van der Waals surface area contributed by atoms with Crippen molar-refractivity contribution in [2.24, 2.45) is 0 Å². The predicted molar refractivity (Wildman–Crippen MR) is 82.4 cm³/mol. The monoisotopic (exact) mass is 307 g/mol. The third-order valence-electron chi connectivity index (χ3n) is 2.72. The van der Waals surface area contributed by atoms with Crippen LogP contribution in [0, 0.1) is 5.82 Å². The minimum absolute atomic E-state index is 0.0677. The number of hydrogen-bond acceptors (Lipinski definition) is 3. The molecule has 4 nitrogen and oxygen atoms in total. The van der Waals surface area contributed by atoms with E-state index in [1.54, 1.807) is 18.2 Å². The molecule has 1 heterocycles. The number of carbonyl (C=O) groups is 1. The normalized spacial score (nSPS) is 10.2. The summed E-state index contributed by atoms with van der Waals surface area (Å²) in [5.74, 6) is -0.450. The summed E-state index contributed by atoms with van der Waals surface area (Å²) in [5, 5.41) is 5.84. The summed E-state index contributed by atoms with van der Waals surface area (Å²) in [5.41, 5.74) is 0.281. The average molecular weight is 308 g/mol. The summed E-state index contributed by atoms with van der Waals surface area (Å²) in [6, 6.07) is 9.12. The first-order chi connectivity index (χ1) is 10.1. The molecule has 0 saturated heterocycles. The predicted octanol–water partition coefficient (Wildman–Crippen LogP) is 3.95. The van der Waals surface area contributed by atoms with Gasteiger partial charge in [0.05, 0.1) is 5.69 Å². The summed E-state index contributed by atoms with van der Waals surface area (Å²) in [4.78, 5) is 16.3. The standard InChI is InChI=1S/C15H15ClFN3O/c1-2-8-18-14-5-3-4-13(19-14)15(21)20-12-7-6-10(16)9-11(12)17/h3-7,9H,2,8H2,1H3,(H,18,19)(H,20,21). The summed E-state index contributed by atoms with van der Waals surface area (Å²) in [6.07, 6.45) is 0.952. The fraction of sp³-hybridized carbons (Fsp3) is 0.200. The third kappa shape index (κ3) is 4.16. The smallest absolute Gasteiger partial charge is 0.274 e. The van der Waals surface area contributed by atoms with Gasteiger partial charge in [-0.05, 0) is 36.8 Å². The largest absolute Gasteiger partial charge is 0.370 e. The topological polar surface area (TPSA) is 54.0 Å². The van der Waals surface area contributed by atoms with Gasteiger partial charge in [-0.15, -0.1) is 0 Å². The lowest BCUT2D eigenvalue weighted by molar-refractivity contribution is 0.102. The van der Waals surface area contributed by atoms with Gasteiger partial charge in [-0.3, -0.25) is 4.79 Å². The Morgan fingerprint density at radius 1 is 1.33 bits per heavy atom. The molecule has 0 aliphatic heterocycles. The van der Waals surface area contributed by atoms with Gasteiger partial charge in [0.1, 0.15) is 17.3 Å². The van der Waals surface area contributed by atoms with E-state index in [2.05, 4.69) is 15.6 Å². The molecule has 2 N–H and O–H groups in total. The zero-order chi connectivity index (χ0) is 15.2. The van der Waals surface area contributed by atoms with Crippen molar-refractivity contribution in [2.45, 2.75) is 13.3 Å². The highest BCUT2D eigenvalue weighted by atomic mass is 35.5. The molecule has 0 fully saturated rings. The Hall–Kier alpha value is -2.14. The van der Waals surface area contributed by atoms with Gasteiger partial charge in [-0.25, -0.2) is 9.37 Å². The van der Waals surface area contributed by atoms with Crippen LogP contribution in [0.2, 0.25) is 5.02 Å². The Bertz CT molecular complexity index is 649. The fourth-order valence-corrected chi connectivity index (χ4v) is 1.85. The molecule has 6 heteroatoms. The second-order valence-electron chi connectivity index (χ2n) is 4.41. The van der Waals surface area contributed by atoms with Crippen LogP contribution in [0.15, 0.2) is 36.4 Å². The van der Waals surface area contributed by atoms with E-state index in [0.29, 0.717) is 5.82 Å². The maximum atomic E-state index is 13.6. The molecule has 0 aliphatic rings. The Kier molecular flexibility index (Phi) is 5.11. The molecule has 110 valence electrons. The second kappa shape index (κ2) is 7.04. The lowest BCUT2D eigenvalue weighted by Gasteiger charge is -2.08. The molecular weight excluding hydrogens is 293 g/mol. The van der Waals surface area contributed by atoms with Crippen molar-refractivity contribution >= 4 is 29.0 Å². The van der Waals surface area contributed by atoms with Gasteiger partial charge >= 0.3 is 0 Å². The van der Waals surface area contributed by atoms with E-state index in [-0.39, 0.29) is 16.4 Å². The lowest BCUT2D eigenvalue weighted by Crippen LogP contribution is -2.15. The summed E-state index contributed by atoms with van der Waals surface area (Å²) in [6.45, 7) is 2.80. The second-order valence-corrected chi connectivity index (χ2v) is 4.85. The van der Waals surface area contributed by atoms with Crippen molar-refractivity contribution in [1.29, 1.82) is 0 Å². The Morgan fingerprint density at radius 2 is 2.14 bits per heavy atom. The first kappa shape index (κ1) is 15.3. The van der Waals surface area contributed by atoms with E-state index < -0.39 is 11.7 Å². The highest BCUT2D eigenvalue weighted by Gasteiger charge is 2.11. The summed E-state index contributed by atoms with van der Waals surface area (Å²) >= 11 is 5.67. The molecule has 21 heavy (non-hydrogen) atoms. The van der Waals surface area contributed by atoms with Crippen LogP contribution in [-0.2, 0) is 0 Å². The van der Waals surface area contributed by atoms with Gasteiger partial charge in [0.2, 0.25) is 0 Å². The van der Waals surface area contributed by atoms with E-state index in [0.717, 1.165) is 19.0 Å². The highest BCUT2D eigenvalue weighted by Crippen LogP contribution is 2.19. The third-order valence-corrected chi connectivity index (χ3v) is 2.95. The zero-order valence-electron chi connectivity index (χ0n) is 11.5. The number of nitrogens with one attached hydrogen (secondary N) is 2. The first-order valence-electron chi connectivity index (χ1n) is 6.57. The quantitative estimate of drug-likeness (QED) is 0.879. The molecule has 0 radical (unpaired) electrons. The molecule has 0 aliphatic carbocycles. The molecule has 0 spiro atoms. The van der Waals surface area contributed by atoms with Gasteiger partial charge in [0, 0.05) is 11.6 Å². The van der Waals surface area contributed by atoms with Gasteiger partial charge in [-0.1, -0.05) is 24.6 Å². The number of nitrogens with zero attached hydrogens (tertiary/aromatic N) is 1. The SMILES string of the molecule is CCCNc1cccc(C(=O)Nc2ccc(Cl)cc2F)n1. The molecule has 2 aromatic rings. The number of benzene rings is 1. The van der Waals surface area contributed by atoms with Crippen molar-refractivity contribution in [3.05, 3.63) is 52.9 Å². The minimum Gasteiger partial charge on any atom is -0.370 e. The number of hydrogen-bond donors (Lipinski definition) is 2. The number of amides is 1. The molecule has 1 aromatic carbocycles. The van der Waals surface area contributed by atoms with Crippen molar-refractivity contribution in [1.82, 2.24) is 4.98 Å². The fourth-order valence-electron chi connectivity index (χ4n) is 1.69. The number of aromatic nitrogens is 1. The number of pyridine rings is 1. The van der Waals surface area contributed by atoms with Crippen molar-refractivity contribution in [3.63, 3.8) is 0 Å². The number of anilines is 2. The molecule has 2 rings (SSSR count). The van der Waals surface area contributed by atoms with Crippen molar-refractivity contribution in [2.75, 3.05) is 17.2 Å². The number of halogens is 2. The van der Waals surface area contributed by atoms with Crippen molar-refractivity contribution < 1.29 is 9.18 Å². The maximum absolute atomic E-state index is 13.6. The first-order valence-corrected chi connectivity index (χ1v) is 6.95. The Balaban J connectivity index is 2.12. The average Bonchev–Trinajstić information content (AvgIpc) is 2.48. The van der Waals surface area contributed by atoms with Crippen LogP contribution >= 0.6 is 11.6 Å². The number of rotatable bonds is 5. The van der Waals surface area contributed by atoms with E-state index in [4.69, 9.17) is 11.6 Å². The lowest BCUT2D eigenvalue weighted by atomic mass is 10.2. The van der Waals surface area contributed by atoms with Gasteiger partial charge < -0.3 is 10.6 Å².